The van der Waals surface area contributed by atoms with Gasteiger partial charge in [-0.1, -0.05) is 19.3 Å². The Kier molecular flexibility index (Phi) is 4.12. The van der Waals surface area contributed by atoms with Crippen LogP contribution in [0.1, 0.15) is 32.1 Å². The van der Waals surface area contributed by atoms with E-state index in [1.165, 1.54) is 31.4 Å². The average Bonchev–Trinajstić information content (AvgIpc) is 2.37. The van der Waals surface area contributed by atoms with Gasteiger partial charge in [-0.05, 0) is 24.8 Å². The zero-order chi connectivity index (χ0) is 13.0. The van der Waals surface area contributed by atoms with Gasteiger partial charge in [0.25, 0.3) is 5.69 Å². The molecule has 2 rings (SSSR count). The van der Waals surface area contributed by atoms with Crippen LogP contribution in [0, 0.1) is 21.8 Å². The number of rotatable bonds is 4. The minimum Gasteiger partial charge on any atom is -0.379 e. The number of nitrogens with zero attached hydrogens (tertiary/aromatic N) is 1. The molecule has 1 aromatic carbocycles. The molecule has 0 radical (unpaired) electrons. The maximum atomic E-state index is 13.1. The molecule has 0 unspecified atom stereocenters. The highest BCUT2D eigenvalue weighted by Crippen LogP contribution is 2.28. The van der Waals surface area contributed by atoms with Crippen LogP contribution in [-0.4, -0.2) is 11.5 Å². The second kappa shape index (κ2) is 5.80. The van der Waals surface area contributed by atoms with Gasteiger partial charge in [-0.3, -0.25) is 10.1 Å². The molecule has 1 aromatic rings. The minimum atomic E-state index is -0.483. The van der Waals surface area contributed by atoms with Gasteiger partial charge in [-0.25, -0.2) is 4.39 Å². The number of benzene rings is 1. The molecule has 1 N–H and O–H groups in total. The zero-order valence-corrected chi connectivity index (χ0v) is 10.2. The van der Waals surface area contributed by atoms with Gasteiger partial charge in [-0.15, -0.1) is 0 Å². The van der Waals surface area contributed by atoms with Gasteiger partial charge in [0, 0.05) is 18.7 Å². The molecular formula is C13H17FN2O2. The van der Waals surface area contributed by atoms with Gasteiger partial charge < -0.3 is 5.32 Å². The smallest absolute Gasteiger partial charge is 0.292 e. The molecule has 0 atom stereocenters. The normalized spacial score (nSPS) is 16.5. The fourth-order valence-corrected chi connectivity index (χ4v) is 2.45. The fraction of sp³-hybridized carbons (Fsp3) is 0.538. The molecule has 0 aromatic heterocycles. The Bertz CT molecular complexity index is 431. The Morgan fingerprint density at radius 2 is 2.06 bits per heavy atom. The highest BCUT2D eigenvalue weighted by atomic mass is 19.1. The third-order valence-corrected chi connectivity index (χ3v) is 3.46. The standard InChI is InChI=1S/C13H17FN2O2/c14-11-6-7-13(16(17)18)12(8-11)15-9-10-4-2-1-3-5-10/h6-8,10,15H,1-5,9H2. The predicted molar refractivity (Wildman–Crippen MR) is 68.1 cm³/mol. The summed E-state index contributed by atoms with van der Waals surface area (Å²) in [5.41, 5.74) is 0.220. The fourth-order valence-electron chi connectivity index (χ4n) is 2.45. The van der Waals surface area contributed by atoms with Crippen LogP contribution in [0.3, 0.4) is 0 Å². The van der Waals surface area contributed by atoms with Crippen molar-refractivity contribution in [2.75, 3.05) is 11.9 Å². The molecule has 98 valence electrons. The highest BCUT2D eigenvalue weighted by molar-refractivity contribution is 5.61. The molecule has 5 heteroatoms. The zero-order valence-electron chi connectivity index (χ0n) is 10.2. The minimum absolute atomic E-state index is 0.0628. The number of hydrogen-bond donors (Lipinski definition) is 1. The van der Waals surface area contributed by atoms with Gasteiger partial charge in [0.05, 0.1) is 4.92 Å². The number of hydrogen-bond acceptors (Lipinski definition) is 3. The first-order valence-electron chi connectivity index (χ1n) is 6.34. The van der Waals surface area contributed by atoms with E-state index in [1.54, 1.807) is 0 Å². The number of anilines is 1. The van der Waals surface area contributed by atoms with Crippen molar-refractivity contribution in [3.8, 4) is 0 Å². The third-order valence-electron chi connectivity index (χ3n) is 3.46. The van der Waals surface area contributed by atoms with Crippen LogP contribution >= 0.6 is 0 Å². The number of nitro groups is 1. The molecule has 0 amide bonds. The van der Waals surface area contributed by atoms with Crippen molar-refractivity contribution in [1.82, 2.24) is 0 Å². The Morgan fingerprint density at radius 1 is 1.33 bits per heavy atom. The maximum absolute atomic E-state index is 13.1. The van der Waals surface area contributed by atoms with Gasteiger partial charge in [-0.2, -0.15) is 0 Å². The van der Waals surface area contributed by atoms with Gasteiger partial charge >= 0.3 is 0 Å². The molecule has 1 aliphatic carbocycles. The second-order valence-corrected chi connectivity index (χ2v) is 4.80. The van der Waals surface area contributed by atoms with Crippen LogP contribution in [0.15, 0.2) is 18.2 Å². The molecule has 1 fully saturated rings. The summed E-state index contributed by atoms with van der Waals surface area (Å²) in [6.07, 6.45) is 6.01. The van der Waals surface area contributed by atoms with Gasteiger partial charge in [0.2, 0.25) is 0 Å². The predicted octanol–water partition coefficient (Wildman–Crippen LogP) is 3.73. The van der Waals surface area contributed by atoms with Crippen molar-refractivity contribution >= 4 is 11.4 Å². The number of nitrogens with one attached hydrogen (secondary N) is 1. The molecule has 0 spiro atoms. The average molecular weight is 252 g/mol. The topological polar surface area (TPSA) is 55.2 Å². The lowest BCUT2D eigenvalue weighted by atomic mass is 9.89. The molecule has 0 saturated heterocycles. The molecule has 0 heterocycles. The summed E-state index contributed by atoms with van der Waals surface area (Å²) in [6.45, 7) is 0.685. The first kappa shape index (κ1) is 12.8. The van der Waals surface area contributed by atoms with E-state index in [1.807, 2.05) is 0 Å². The Labute approximate surface area is 105 Å². The molecule has 1 aliphatic rings. The SMILES string of the molecule is O=[N+]([O-])c1ccc(F)cc1NCC1CCCCC1. The van der Waals surface area contributed by atoms with Crippen LogP contribution in [0.4, 0.5) is 15.8 Å². The van der Waals surface area contributed by atoms with Crippen molar-refractivity contribution in [3.05, 3.63) is 34.1 Å². The van der Waals surface area contributed by atoms with E-state index < -0.39 is 10.7 Å². The quantitative estimate of drug-likeness (QED) is 0.656. The monoisotopic (exact) mass is 252 g/mol. The summed E-state index contributed by atoms with van der Waals surface area (Å²) in [5, 5.41) is 13.9. The largest absolute Gasteiger partial charge is 0.379 e. The van der Waals surface area contributed by atoms with Crippen molar-refractivity contribution < 1.29 is 9.31 Å². The molecular weight excluding hydrogens is 235 g/mol. The summed E-state index contributed by atoms with van der Waals surface area (Å²) < 4.78 is 13.1. The van der Waals surface area contributed by atoms with E-state index in [0.29, 0.717) is 12.5 Å². The van der Waals surface area contributed by atoms with E-state index >= 15 is 0 Å². The van der Waals surface area contributed by atoms with E-state index in [9.17, 15) is 14.5 Å². The first-order valence-corrected chi connectivity index (χ1v) is 6.34. The lowest BCUT2D eigenvalue weighted by Gasteiger charge is -2.22. The number of nitro benzene ring substituents is 1. The lowest BCUT2D eigenvalue weighted by Crippen LogP contribution is -2.17. The van der Waals surface area contributed by atoms with Crippen molar-refractivity contribution in [1.29, 1.82) is 0 Å². The summed E-state index contributed by atoms with van der Waals surface area (Å²) in [5.74, 6) is 0.0911. The van der Waals surface area contributed by atoms with Crippen LogP contribution in [0.25, 0.3) is 0 Å². The van der Waals surface area contributed by atoms with Crippen LogP contribution < -0.4 is 5.32 Å². The second-order valence-electron chi connectivity index (χ2n) is 4.80. The number of halogens is 1. The summed E-state index contributed by atoms with van der Waals surface area (Å²) in [7, 11) is 0. The van der Waals surface area contributed by atoms with E-state index in [2.05, 4.69) is 5.32 Å². The molecule has 1 saturated carbocycles. The Morgan fingerprint density at radius 3 is 2.72 bits per heavy atom. The molecule has 4 nitrogen and oxygen atoms in total. The van der Waals surface area contributed by atoms with E-state index in [0.717, 1.165) is 18.9 Å². The van der Waals surface area contributed by atoms with Crippen LogP contribution in [0.5, 0.6) is 0 Å². The molecule has 0 aliphatic heterocycles. The van der Waals surface area contributed by atoms with E-state index in [4.69, 9.17) is 0 Å². The van der Waals surface area contributed by atoms with Crippen molar-refractivity contribution in [2.45, 2.75) is 32.1 Å². The van der Waals surface area contributed by atoms with Gasteiger partial charge in [0.1, 0.15) is 11.5 Å². The Hall–Kier alpha value is -1.65. The highest BCUT2D eigenvalue weighted by Gasteiger charge is 2.17. The van der Waals surface area contributed by atoms with E-state index in [-0.39, 0.29) is 11.4 Å². The van der Waals surface area contributed by atoms with Crippen LogP contribution in [-0.2, 0) is 0 Å². The molecule has 18 heavy (non-hydrogen) atoms. The van der Waals surface area contributed by atoms with Crippen molar-refractivity contribution in [2.24, 2.45) is 5.92 Å². The van der Waals surface area contributed by atoms with Gasteiger partial charge in [0.15, 0.2) is 0 Å². The summed E-state index contributed by atoms with van der Waals surface area (Å²) in [4.78, 5) is 10.3. The Balaban J connectivity index is 2.03. The van der Waals surface area contributed by atoms with Crippen LogP contribution in [0.2, 0.25) is 0 Å². The summed E-state index contributed by atoms with van der Waals surface area (Å²) >= 11 is 0. The lowest BCUT2D eigenvalue weighted by molar-refractivity contribution is -0.384. The van der Waals surface area contributed by atoms with Crippen molar-refractivity contribution in [3.63, 3.8) is 0 Å². The summed E-state index contributed by atoms with van der Waals surface area (Å²) in [6, 6.07) is 3.52. The first-order chi connectivity index (χ1) is 8.66. The maximum Gasteiger partial charge on any atom is 0.292 e. The molecule has 0 bridgehead atoms. The third kappa shape index (κ3) is 3.18.